The molecule has 44 heavy (non-hydrogen) atoms. The molecule has 0 aromatic rings. The summed E-state index contributed by atoms with van der Waals surface area (Å²) in [5.74, 6) is -0.207. The normalized spacial score (nSPS) is 15.1. The van der Waals surface area contributed by atoms with Crippen molar-refractivity contribution >= 4 is 13.7 Å². The number of hydrogen-bond donors (Lipinski definition) is 4. The second-order valence-corrected chi connectivity index (χ2v) is 12.8. The Kier molecular flexibility index (Phi) is 30.3. The summed E-state index contributed by atoms with van der Waals surface area (Å²) < 4.78 is 22.0. The SMILES string of the molecule is CC/C=C\C/C=C\C/C=C\C/C=C\CCCCC(=O)NC(COP(=O)(O)OCCN)C(O)CCCCCCCCCCCC. The monoisotopic (exact) mass is 640 g/mol. The van der Waals surface area contributed by atoms with E-state index in [2.05, 4.69) is 67.8 Å². The van der Waals surface area contributed by atoms with E-state index in [1.165, 1.54) is 44.9 Å². The summed E-state index contributed by atoms with van der Waals surface area (Å²) in [5, 5.41) is 13.6. The highest BCUT2D eigenvalue weighted by atomic mass is 31.2. The molecule has 0 aliphatic heterocycles. The molecule has 0 rings (SSSR count). The van der Waals surface area contributed by atoms with E-state index in [0.29, 0.717) is 19.3 Å². The van der Waals surface area contributed by atoms with Crippen LogP contribution in [0.1, 0.15) is 136 Å². The third kappa shape index (κ3) is 29.2. The highest BCUT2D eigenvalue weighted by molar-refractivity contribution is 7.47. The van der Waals surface area contributed by atoms with Gasteiger partial charge >= 0.3 is 7.82 Å². The molecule has 0 saturated carbocycles. The lowest BCUT2D eigenvalue weighted by molar-refractivity contribution is -0.123. The molecule has 3 atom stereocenters. The Labute approximate surface area is 269 Å². The van der Waals surface area contributed by atoms with Gasteiger partial charge < -0.3 is 21.1 Å². The molecule has 9 heteroatoms. The minimum absolute atomic E-state index is 0.0797. The summed E-state index contributed by atoms with van der Waals surface area (Å²) in [6, 6.07) is -0.794. The van der Waals surface area contributed by atoms with Crippen molar-refractivity contribution in [2.45, 2.75) is 148 Å². The highest BCUT2D eigenvalue weighted by Crippen LogP contribution is 2.43. The lowest BCUT2D eigenvalue weighted by atomic mass is 10.0. The van der Waals surface area contributed by atoms with E-state index in [1.54, 1.807) is 0 Å². The second kappa shape index (κ2) is 31.4. The van der Waals surface area contributed by atoms with Crippen molar-refractivity contribution in [2.24, 2.45) is 5.73 Å². The van der Waals surface area contributed by atoms with Crippen molar-refractivity contribution in [3.8, 4) is 0 Å². The molecule has 5 N–H and O–H groups in total. The molecule has 1 amide bonds. The Morgan fingerprint density at radius 2 is 1.32 bits per heavy atom. The van der Waals surface area contributed by atoms with E-state index in [9.17, 15) is 19.4 Å². The standard InChI is InChI=1S/C35H65N2O6P/c1-3-5-7-9-11-13-15-16-17-18-19-21-23-25-27-29-35(39)37-33(32-43-44(40,41)42-31-30-36)34(38)28-26-24-22-20-14-12-10-8-6-4-2/h5,7,11,13,16-17,19,21,33-34,38H,3-4,6,8-10,12,14-15,18,20,22-32,36H2,1-2H3,(H,37,39)(H,40,41)/b7-5-,13-11-,17-16-,21-19-. The first kappa shape index (κ1) is 42.5. The van der Waals surface area contributed by atoms with Crippen LogP contribution in [0.25, 0.3) is 0 Å². The fourth-order valence-corrected chi connectivity index (χ4v) is 5.35. The number of nitrogens with one attached hydrogen (secondary N) is 1. The van der Waals surface area contributed by atoms with Gasteiger partial charge in [0.25, 0.3) is 0 Å². The number of nitrogens with two attached hydrogens (primary N) is 1. The third-order valence-electron chi connectivity index (χ3n) is 7.20. The van der Waals surface area contributed by atoms with Gasteiger partial charge in [-0.3, -0.25) is 13.8 Å². The molecule has 0 bridgehead atoms. The fraction of sp³-hybridized carbons (Fsp3) is 0.743. The second-order valence-electron chi connectivity index (χ2n) is 11.3. The predicted octanol–water partition coefficient (Wildman–Crippen LogP) is 8.60. The third-order valence-corrected chi connectivity index (χ3v) is 8.18. The molecule has 3 unspecified atom stereocenters. The van der Waals surface area contributed by atoms with E-state index in [-0.39, 0.29) is 25.7 Å². The topological polar surface area (TPSA) is 131 Å². The number of rotatable bonds is 31. The summed E-state index contributed by atoms with van der Waals surface area (Å²) in [6.45, 7) is 4.01. The molecule has 0 aliphatic rings. The van der Waals surface area contributed by atoms with Crippen LogP contribution in [0.2, 0.25) is 0 Å². The van der Waals surface area contributed by atoms with Gasteiger partial charge in [0, 0.05) is 13.0 Å². The summed E-state index contributed by atoms with van der Waals surface area (Å²) in [6.07, 6.45) is 35.5. The first-order valence-electron chi connectivity index (χ1n) is 17.3. The smallest absolute Gasteiger partial charge is 0.391 e. The van der Waals surface area contributed by atoms with E-state index in [0.717, 1.165) is 57.8 Å². The number of carbonyl (C=O) groups excluding carboxylic acids is 1. The molecule has 0 heterocycles. The van der Waals surface area contributed by atoms with Crippen molar-refractivity contribution in [1.82, 2.24) is 5.32 Å². The zero-order valence-electron chi connectivity index (χ0n) is 27.9. The van der Waals surface area contributed by atoms with Crippen LogP contribution in [0.5, 0.6) is 0 Å². The first-order valence-corrected chi connectivity index (χ1v) is 18.7. The van der Waals surface area contributed by atoms with Crippen molar-refractivity contribution in [2.75, 3.05) is 19.8 Å². The Hall–Kier alpha value is -1.54. The number of aliphatic hydroxyl groups excluding tert-OH is 1. The zero-order chi connectivity index (χ0) is 32.6. The minimum atomic E-state index is -4.31. The van der Waals surface area contributed by atoms with Gasteiger partial charge in [-0.1, -0.05) is 127 Å². The maximum absolute atomic E-state index is 12.6. The molecule has 0 aliphatic carbocycles. The van der Waals surface area contributed by atoms with Crippen LogP contribution in [-0.2, 0) is 18.4 Å². The van der Waals surface area contributed by atoms with Gasteiger partial charge in [-0.25, -0.2) is 4.57 Å². The first-order chi connectivity index (χ1) is 21.4. The van der Waals surface area contributed by atoms with Gasteiger partial charge in [0.15, 0.2) is 0 Å². The van der Waals surface area contributed by atoms with E-state index in [4.69, 9.17) is 14.8 Å². The summed E-state index contributed by atoms with van der Waals surface area (Å²) in [5.41, 5.74) is 5.34. The van der Waals surface area contributed by atoms with Crippen molar-refractivity contribution in [3.05, 3.63) is 48.6 Å². The predicted molar refractivity (Wildman–Crippen MR) is 184 cm³/mol. The van der Waals surface area contributed by atoms with Gasteiger partial charge in [0.1, 0.15) is 0 Å². The van der Waals surface area contributed by atoms with Gasteiger partial charge in [-0.2, -0.15) is 0 Å². The van der Waals surface area contributed by atoms with Crippen LogP contribution in [-0.4, -0.2) is 47.8 Å². The average molecular weight is 641 g/mol. The summed E-state index contributed by atoms with van der Waals surface area (Å²) >= 11 is 0. The van der Waals surface area contributed by atoms with Crippen LogP contribution in [0.4, 0.5) is 0 Å². The molecule has 0 aromatic heterocycles. The summed E-state index contributed by atoms with van der Waals surface area (Å²) in [4.78, 5) is 22.5. The average Bonchev–Trinajstić information content (AvgIpc) is 3.01. The number of hydrogen-bond acceptors (Lipinski definition) is 6. The van der Waals surface area contributed by atoms with E-state index in [1.807, 2.05) is 0 Å². The van der Waals surface area contributed by atoms with Crippen LogP contribution in [0, 0.1) is 0 Å². The van der Waals surface area contributed by atoms with E-state index < -0.39 is 20.0 Å². The number of aliphatic hydroxyl groups is 1. The van der Waals surface area contributed by atoms with Crippen LogP contribution in [0.15, 0.2) is 48.6 Å². The van der Waals surface area contributed by atoms with Crippen LogP contribution < -0.4 is 11.1 Å². The molecule has 0 radical (unpaired) electrons. The molecule has 0 aromatic carbocycles. The number of amides is 1. The zero-order valence-corrected chi connectivity index (χ0v) is 28.8. The largest absolute Gasteiger partial charge is 0.472 e. The van der Waals surface area contributed by atoms with Gasteiger partial charge in [0.05, 0.1) is 25.4 Å². The molecule has 0 spiro atoms. The van der Waals surface area contributed by atoms with Gasteiger partial charge in [-0.15, -0.1) is 0 Å². The van der Waals surface area contributed by atoms with Crippen molar-refractivity contribution in [1.29, 1.82) is 0 Å². The Bertz CT molecular complexity index is 830. The van der Waals surface area contributed by atoms with Crippen LogP contribution in [0.3, 0.4) is 0 Å². The molecule has 0 saturated heterocycles. The maximum Gasteiger partial charge on any atom is 0.472 e. The molecular formula is C35H65N2O6P. The Morgan fingerprint density at radius 3 is 1.89 bits per heavy atom. The Balaban J connectivity index is 4.40. The van der Waals surface area contributed by atoms with Crippen LogP contribution >= 0.6 is 7.82 Å². The summed E-state index contributed by atoms with van der Waals surface area (Å²) in [7, 11) is -4.31. The number of carbonyl (C=O) groups is 1. The van der Waals surface area contributed by atoms with Gasteiger partial charge in [-0.05, 0) is 51.4 Å². The molecule has 0 fully saturated rings. The van der Waals surface area contributed by atoms with E-state index >= 15 is 0 Å². The Morgan fingerprint density at radius 1 is 0.773 bits per heavy atom. The van der Waals surface area contributed by atoms with Crippen molar-refractivity contribution < 1.29 is 28.4 Å². The molecular weight excluding hydrogens is 575 g/mol. The maximum atomic E-state index is 12.6. The minimum Gasteiger partial charge on any atom is -0.391 e. The molecule has 256 valence electrons. The number of phosphoric ester groups is 1. The quantitative estimate of drug-likeness (QED) is 0.0339. The van der Waals surface area contributed by atoms with Crippen molar-refractivity contribution in [3.63, 3.8) is 0 Å². The number of unbranched alkanes of at least 4 members (excludes halogenated alkanes) is 11. The highest BCUT2D eigenvalue weighted by Gasteiger charge is 2.27. The molecule has 8 nitrogen and oxygen atoms in total. The number of phosphoric acid groups is 1. The fourth-order valence-electron chi connectivity index (χ4n) is 4.60. The lowest BCUT2D eigenvalue weighted by Crippen LogP contribution is -2.46. The lowest BCUT2D eigenvalue weighted by Gasteiger charge is -2.25. The van der Waals surface area contributed by atoms with Gasteiger partial charge in [0.2, 0.25) is 5.91 Å². The number of allylic oxidation sites excluding steroid dienone is 8.